The number of carbonyl (C=O) groups excluding carboxylic acids is 1. The Labute approximate surface area is 126 Å². The van der Waals surface area contributed by atoms with Crippen molar-refractivity contribution in [2.45, 2.75) is 26.2 Å². The molecule has 1 atom stereocenters. The number of nitro benzene ring substituents is 1. The number of fused-ring (bicyclic) bond motifs is 1. The van der Waals surface area contributed by atoms with E-state index in [1.54, 1.807) is 18.2 Å². The largest absolute Gasteiger partial charge is 0.346 e. The van der Waals surface area contributed by atoms with E-state index in [1.165, 1.54) is 6.07 Å². The topological polar surface area (TPSA) is 101 Å². The number of imidazole rings is 1. The lowest BCUT2D eigenvalue weighted by Crippen LogP contribution is -2.28. The Balaban J connectivity index is 1.75. The van der Waals surface area contributed by atoms with Crippen LogP contribution in [0, 0.1) is 23.0 Å². The molecule has 0 fully saturated rings. The molecule has 1 aromatic carbocycles. The van der Waals surface area contributed by atoms with Crippen LogP contribution in [0.2, 0.25) is 0 Å². The minimum absolute atomic E-state index is 0.0928. The first-order chi connectivity index (χ1) is 10.5. The number of carbonyl (C=O) groups is 1. The maximum absolute atomic E-state index is 12.4. The highest BCUT2D eigenvalue weighted by atomic mass is 16.6. The van der Waals surface area contributed by atoms with Crippen LogP contribution in [0.5, 0.6) is 0 Å². The summed E-state index contributed by atoms with van der Waals surface area (Å²) >= 11 is 0. The lowest BCUT2D eigenvalue weighted by molar-refractivity contribution is -0.383. The van der Waals surface area contributed by atoms with Gasteiger partial charge in [0.25, 0.3) is 5.69 Å². The molecule has 114 valence electrons. The van der Waals surface area contributed by atoms with E-state index in [1.807, 2.05) is 6.92 Å². The number of nitrogens with zero attached hydrogens (tertiary/aromatic N) is 2. The van der Waals surface area contributed by atoms with Crippen LogP contribution < -0.4 is 5.32 Å². The third kappa shape index (κ3) is 2.69. The van der Waals surface area contributed by atoms with E-state index in [4.69, 9.17) is 0 Å². The van der Waals surface area contributed by atoms with Crippen molar-refractivity contribution >= 4 is 17.3 Å². The van der Waals surface area contributed by atoms with Crippen molar-refractivity contribution in [2.75, 3.05) is 5.32 Å². The van der Waals surface area contributed by atoms with Gasteiger partial charge in [-0.2, -0.15) is 0 Å². The molecule has 0 radical (unpaired) electrons. The van der Waals surface area contributed by atoms with Gasteiger partial charge < -0.3 is 10.3 Å². The Morgan fingerprint density at radius 1 is 1.45 bits per heavy atom. The van der Waals surface area contributed by atoms with Crippen LogP contribution >= 0.6 is 0 Å². The summed E-state index contributed by atoms with van der Waals surface area (Å²) in [4.78, 5) is 30.4. The van der Waals surface area contributed by atoms with Gasteiger partial charge in [0.05, 0.1) is 10.6 Å². The fraction of sp³-hybridized carbons (Fsp3) is 0.333. The Kier molecular flexibility index (Phi) is 3.62. The normalized spacial score (nSPS) is 16.9. The SMILES string of the molecule is Cc1nc2c([nH]1)CC(C(=O)Nc1ccccc1[N+](=O)[O-])CC2. The Bertz CT molecular complexity index is 738. The number of aromatic nitrogens is 2. The van der Waals surface area contributed by atoms with Crippen LogP contribution in [-0.2, 0) is 17.6 Å². The average Bonchev–Trinajstić information content (AvgIpc) is 2.86. The standard InChI is InChI=1S/C15H16N4O3/c1-9-16-11-7-6-10(8-13(11)17-9)15(20)18-12-4-2-3-5-14(12)19(21)22/h2-5,10H,6-8H2,1H3,(H,16,17)(H,18,20). The summed E-state index contributed by atoms with van der Waals surface area (Å²) in [7, 11) is 0. The third-order valence-corrected chi connectivity index (χ3v) is 3.89. The maximum Gasteiger partial charge on any atom is 0.292 e. The lowest BCUT2D eigenvalue weighted by Gasteiger charge is -2.20. The van der Waals surface area contributed by atoms with Gasteiger partial charge in [-0.3, -0.25) is 14.9 Å². The van der Waals surface area contributed by atoms with Gasteiger partial charge in [-0.1, -0.05) is 12.1 Å². The monoisotopic (exact) mass is 300 g/mol. The molecule has 3 rings (SSSR count). The molecule has 1 aliphatic carbocycles. The maximum atomic E-state index is 12.4. The number of hydrogen-bond donors (Lipinski definition) is 2. The number of H-pyrrole nitrogens is 1. The molecular formula is C15H16N4O3. The number of nitro groups is 1. The summed E-state index contributed by atoms with van der Waals surface area (Å²) in [5.41, 5.74) is 2.16. The van der Waals surface area contributed by atoms with Crippen molar-refractivity contribution in [3.05, 3.63) is 51.6 Å². The van der Waals surface area contributed by atoms with Gasteiger partial charge in [-0.15, -0.1) is 0 Å². The number of amides is 1. The third-order valence-electron chi connectivity index (χ3n) is 3.89. The Hall–Kier alpha value is -2.70. The number of hydrogen-bond acceptors (Lipinski definition) is 4. The van der Waals surface area contributed by atoms with E-state index < -0.39 is 4.92 Å². The zero-order chi connectivity index (χ0) is 15.7. The molecule has 0 bridgehead atoms. The quantitative estimate of drug-likeness (QED) is 0.671. The molecule has 2 aromatic rings. The number of nitrogens with one attached hydrogen (secondary N) is 2. The molecule has 22 heavy (non-hydrogen) atoms. The van der Waals surface area contributed by atoms with Crippen molar-refractivity contribution in [2.24, 2.45) is 5.92 Å². The second-order valence-corrected chi connectivity index (χ2v) is 5.45. The van der Waals surface area contributed by atoms with Gasteiger partial charge in [-0.05, 0) is 25.8 Å². The van der Waals surface area contributed by atoms with Gasteiger partial charge in [0.2, 0.25) is 5.91 Å². The molecule has 0 spiro atoms. The Morgan fingerprint density at radius 3 is 3.00 bits per heavy atom. The van der Waals surface area contributed by atoms with Crippen LogP contribution in [0.25, 0.3) is 0 Å². The number of para-hydroxylation sites is 2. The molecule has 1 heterocycles. The van der Waals surface area contributed by atoms with Crippen LogP contribution in [0.3, 0.4) is 0 Å². The highest BCUT2D eigenvalue weighted by molar-refractivity contribution is 5.94. The van der Waals surface area contributed by atoms with E-state index in [2.05, 4.69) is 15.3 Å². The van der Waals surface area contributed by atoms with E-state index in [0.717, 1.165) is 23.6 Å². The summed E-state index contributed by atoms with van der Waals surface area (Å²) in [6, 6.07) is 6.17. The summed E-state index contributed by atoms with van der Waals surface area (Å²) < 4.78 is 0. The van der Waals surface area contributed by atoms with E-state index in [9.17, 15) is 14.9 Å². The first-order valence-electron chi connectivity index (χ1n) is 7.13. The highest BCUT2D eigenvalue weighted by Gasteiger charge is 2.28. The van der Waals surface area contributed by atoms with Gasteiger partial charge >= 0.3 is 0 Å². The van der Waals surface area contributed by atoms with Crippen molar-refractivity contribution in [1.82, 2.24) is 9.97 Å². The number of anilines is 1. The van der Waals surface area contributed by atoms with Crippen LogP contribution in [-0.4, -0.2) is 20.8 Å². The molecule has 1 amide bonds. The number of rotatable bonds is 3. The molecule has 1 aliphatic rings. The van der Waals surface area contributed by atoms with Crippen LogP contribution in [0.1, 0.15) is 23.6 Å². The summed E-state index contributed by atoms with van der Waals surface area (Å²) in [6.07, 6.45) is 2.03. The van der Waals surface area contributed by atoms with Gasteiger partial charge in [-0.25, -0.2) is 4.98 Å². The van der Waals surface area contributed by atoms with Crippen molar-refractivity contribution in [3.8, 4) is 0 Å². The fourth-order valence-corrected chi connectivity index (χ4v) is 2.82. The summed E-state index contributed by atoms with van der Waals surface area (Å²) in [5, 5.41) is 13.7. The smallest absolute Gasteiger partial charge is 0.292 e. The van der Waals surface area contributed by atoms with E-state index in [0.29, 0.717) is 12.8 Å². The first-order valence-corrected chi connectivity index (χ1v) is 7.13. The number of benzene rings is 1. The van der Waals surface area contributed by atoms with Gasteiger partial charge in [0.1, 0.15) is 11.5 Å². The molecule has 1 aromatic heterocycles. The highest BCUT2D eigenvalue weighted by Crippen LogP contribution is 2.27. The molecule has 7 nitrogen and oxygen atoms in total. The molecular weight excluding hydrogens is 284 g/mol. The first kappa shape index (κ1) is 14.2. The fourth-order valence-electron chi connectivity index (χ4n) is 2.82. The van der Waals surface area contributed by atoms with E-state index >= 15 is 0 Å². The minimum atomic E-state index is -0.493. The van der Waals surface area contributed by atoms with Crippen molar-refractivity contribution in [1.29, 1.82) is 0 Å². The van der Waals surface area contributed by atoms with Gasteiger partial charge in [0.15, 0.2) is 0 Å². The summed E-state index contributed by atoms with van der Waals surface area (Å²) in [6.45, 7) is 1.89. The zero-order valence-electron chi connectivity index (χ0n) is 12.1. The molecule has 0 saturated carbocycles. The predicted octanol–water partition coefficient (Wildman–Crippen LogP) is 2.37. The predicted molar refractivity (Wildman–Crippen MR) is 80.6 cm³/mol. The molecule has 0 aliphatic heterocycles. The molecule has 7 heteroatoms. The molecule has 0 saturated heterocycles. The number of aryl methyl sites for hydroxylation is 2. The molecule has 1 unspecified atom stereocenters. The van der Waals surface area contributed by atoms with Crippen LogP contribution in [0.15, 0.2) is 24.3 Å². The van der Waals surface area contributed by atoms with Gasteiger partial charge in [0, 0.05) is 24.1 Å². The zero-order valence-corrected chi connectivity index (χ0v) is 12.1. The second-order valence-electron chi connectivity index (χ2n) is 5.45. The summed E-state index contributed by atoms with van der Waals surface area (Å²) in [5.74, 6) is 0.462. The second kappa shape index (κ2) is 5.59. The van der Waals surface area contributed by atoms with Crippen molar-refractivity contribution < 1.29 is 9.72 Å². The minimum Gasteiger partial charge on any atom is -0.346 e. The van der Waals surface area contributed by atoms with E-state index in [-0.39, 0.29) is 23.2 Å². The number of aromatic amines is 1. The molecule has 2 N–H and O–H groups in total. The van der Waals surface area contributed by atoms with Crippen LogP contribution in [0.4, 0.5) is 11.4 Å². The average molecular weight is 300 g/mol. The Morgan fingerprint density at radius 2 is 2.23 bits per heavy atom. The lowest BCUT2D eigenvalue weighted by atomic mass is 9.89. The van der Waals surface area contributed by atoms with Crippen molar-refractivity contribution in [3.63, 3.8) is 0 Å².